The summed E-state index contributed by atoms with van der Waals surface area (Å²) in [5, 5.41) is 3.46. The number of nitrogens with zero attached hydrogens (tertiary/aromatic N) is 1. The minimum Gasteiger partial charge on any atom is -0.324 e. The van der Waals surface area contributed by atoms with Crippen LogP contribution in [0.25, 0.3) is 0 Å². The molecule has 1 aliphatic heterocycles. The predicted molar refractivity (Wildman–Crippen MR) is 98.0 cm³/mol. The van der Waals surface area contributed by atoms with Crippen LogP contribution in [-0.4, -0.2) is 29.8 Å². The molecule has 1 heterocycles. The number of urea groups is 1. The third kappa shape index (κ3) is 4.08. The lowest BCUT2D eigenvalue weighted by atomic mass is 10.0. The summed E-state index contributed by atoms with van der Waals surface area (Å²) < 4.78 is 0. The van der Waals surface area contributed by atoms with Gasteiger partial charge in [-0.3, -0.25) is 0 Å². The highest BCUT2D eigenvalue weighted by molar-refractivity contribution is 7.99. The number of anilines is 1. The van der Waals surface area contributed by atoms with Gasteiger partial charge in [0, 0.05) is 29.8 Å². The van der Waals surface area contributed by atoms with Gasteiger partial charge < -0.3 is 10.2 Å². The first-order valence-corrected chi connectivity index (χ1v) is 9.07. The molecule has 1 aliphatic rings. The standard InChI is InChI=1S/C19H22N2OS/c1-15-7-5-6-10-17(15)18-11-12-21(13-14-23-18)19(22)20-16-8-3-2-4-9-16/h2-10,18H,11-14H2,1H3,(H,20,22). The van der Waals surface area contributed by atoms with E-state index in [2.05, 4.69) is 36.5 Å². The minimum absolute atomic E-state index is 0.00207. The molecule has 0 radical (unpaired) electrons. The number of hydrogen-bond donors (Lipinski definition) is 1. The van der Waals surface area contributed by atoms with Crippen molar-refractivity contribution >= 4 is 23.5 Å². The largest absolute Gasteiger partial charge is 0.324 e. The van der Waals surface area contributed by atoms with Crippen molar-refractivity contribution < 1.29 is 4.79 Å². The molecule has 2 amide bonds. The molecule has 2 aromatic rings. The van der Waals surface area contributed by atoms with E-state index in [1.165, 1.54) is 11.1 Å². The number of rotatable bonds is 2. The molecule has 0 aromatic heterocycles. The molecule has 1 N–H and O–H groups in total. The van der Waals surface area contributed by atoms with Crippen molar-refractivity contribution in [2.24, 2.45) is 0 Å². The van der Waals surface area contributed by atoms with Crippen LogP contribution in [0.3, 0.4) is 0 Å². The van der Waals surface area contributed by atoms with Gasteiger partial charge in [0.25, 0.3) is 0 Å². The Morgan fingerprint density at radius 3 is 2.61 bits per heavy atom. The summed E-state index contributed by atoms with van der Waals surface area (Å²) in [4.78, 5) is 14.4. The molecule has 0 saturated carbocycles. The molecule has 120 valence electrons. The van der Waals surface area contributed by atoms with Gasteiger partial charge in [0.1, 0.15) is 0 Å². The van der Waals surface area contributed by atoms with Gasteiger partial charge in [-0.1, -0.05) is 42.5 Å². The number of hydrogen-bond acceptors (Lipinski definition) is 2. The lowest BCUT2D eigenvalue weighted by molar-refractivity contribution is 0.215. The third-order valence-electron chi connectivity index (χ3n) is 4.19. The smallest absolute Gasteiger partial charge is 0.321 e. The molecule has 1 atom stereocenters. The number of benzene rings is 2. The Hall–Kier alpha value is -1.94. The van der Waals surface area contributed by atoms with Gasteiger partial charge in [0.15, 0.2) is 0 Å². The van der Waals surface area contributed by atoms with E-state index in [9.17, 15) is 4.79 Å². The van der Waals surface area contributed by atoms with Crippen molar-refractivity contribution in [3.05, 3.63) is 65.7 Å². The number of aryl methyl sites for hydroxylation is 1. The Morgan fingerprint density at radius 2 is 1.83 bits per heavy atom. The number of thioether (sulfide) groups is 1. The summed E-state index contributed by atoms with van der Waals surface area (Å²) in [6.45, 7) is 3.76. The van der Waals surface area contributed by atoms with Gasteiger partial charge in [-0.05, 0) is 36.6 Å². The summed E-state index contributed by atoms with van der Waals surface area (Å²) >= 11 is 1.96. The van der Waals surface area contributed by atoms with Crippen LogP contribution in [0.2, 0.25) is 0 Å². The quantitative estimate of drug-likeness (QED) is 0.867. The maximum Gasteiger partial charge on any atom is 0.321 e. The molecule has 4 heteroatoms. The van der Waals surface area contributed by atoms with Crippen molar-refractivity contribution in [3.8, 4) is 0 Å². The second kappa shape index (κ2) is 7.55. The number of nitrogens with one attached hydrogen (secondary N) is 1. The zero-order chi connectivity index (χ0) is 16.1. The fourth-order valence-corrected chi connectivity index (χ4v) is 4.22. The lowest BCUT2D eigenvalue weighted by Crippen LogP contribution is -2.36. The van der Waals surface area contributed by atoms with Crippen LogP contribution in [0.15, 0.2) is 54.6 Å². The van der Waals surface area contributed by atoms with E-state index in [1.807, 2.05) is 47.0 Å². The summed E-state index contributed by atoms with van der Waals surface area (Å²) in [7, 11) is 0. The summed E-state index contributed by atoms with van der Waals surface area (Å²) in [5.41, 5.74) is 3.60. The Balaban J connectivity index is 1.62. The predicted octanol–water partition coefficient (Wildman–Crippen LogP) is 4.71. The molecule has 3 rings (SSSR count). The molecule has 23 heavy (non-hydrogen) atoms. The normalized spacial score (nSPS) is 18.3. The Kier molecular flexibility index (Phi) is 5.23. The van der Waals surface area contributed by atoms with Crippen molar-refractivity contribution in [2.75, 3.05) is 24.2 Å². The Labute approximate surface area is 142 Å². The molecular weight excluding hydrogens is 304 g/mol. The van der Waals surface area contributed by atoms with Crippen LogP contribution in [0, 0.1) is 6.92 Å². The third-order valence-corrected chi connectivity index (χ3v) is 5.50. The van der Waals surface area contributed by atoms with Crippen LogP contribution in [0.4, 0.5) is 10.5 Å². The topological polar surface area (TPSA) is 32.3 Å². The molecule has 0 bridgehead atoms. The van der Waals surface area contributed by atoms with Crippen LogP contribution >= 0.6 is 11.8 Å². The van der Waals surface area contributed by atoms with E-state index in [-0.39, 0.29) is 6.03 Å². The number of amides is 2. The molecule has 1 saturated heterocycles. The average molecular weight is 326 g/mol. The van der Waals surface area contributed by atoms with Gasteiger partial charge in [0.2, 0.25) is 0 Å². The first kappa shape index (κ1) is 15.9. The molecular formula is C19H22N2OS. The summed E-state index contributed by atoms with van der Waals surface area (Å²) in [6, 6.07) is 18.2. The summed E-state index contributed by atoms with van der Waals surface area (Å²) in [6.07, 6.45) is 0.998. The molecule has 2 aromatic carbocycles. The van der Waals surface area contributed by atoms with Crippen molar-refractivity contribution in [2.45, 2.75) is 18.6 Å². The highest BCUT2D eigenvalue weighted by Gasteiger charge is 2.22. The highest BCUT2D eigenvalue weighted by atomic mass is 32.2. The molecule has 0 aliphatic carbocycles. The monoisotopic (exact) mass is 326 g/mol. The van der Waals surface area contributed by atoms with Gasteiger partial charge in [0.05, 0.1) is 0 Å². The highest BCUT2D eigenvalue weighted by Crippen LogP contribution is 2.35. The van der Waals surface area contributed by atoms with Gasteiger partial charge in [-0.2, -0.15) is 11.8 Å². The van der Waals surface area contributed by atoms with E-state index in [4.69, 9.17) is 0 Å². The van der Waals surface area contributed by atoms with Gasteiger partial charge in [-0.25, -0.2) is 4.79 Å². The van der Waals surface area contributed by atoms with E-state index in [0.29, 0.717) is 5.25 Å². The maximum atomic E-state index is 12.4. The fourth-order valence-electron chi connectivity index (χ4n) is 2.89. The van der Waals surface area contributed by atoms with Crippen molar-refractivity contribution in [3.63, 3.8) is 0 Å². The van der Waals surface area contributed by atoms with Crippen LogP contribution in [-0.2, 0) is 0 Å². The first-order chi connectivity index (χ1) is 11.2. The van der Waals surface area contributed by atoms with Gasteiger partial charge >= 0.3 is 6.03 Å². The van der Waals surface area contributed by atoms with Crippen LogP contribution in [0.5, 0.6) is 0 Å². The SMILES string of the molecule is Cc1ccccc1C1CCN(C(=O)Nc2ccccc2)CCS1. The van der Waals surface area contributed by atoms with E-state index in [0.717, 1.165) is 31.0 Å². The molecule has 1 unspecified atom stereocenters. The lowest BCUT2D eigenvalue weighted by Gasteiger charge is -2.21. The number of carbonyl (C=O) groups is 1. The van der Waals surface area contributed by atoms with Crippen LogP contribution < -0.4 is 5.32 Å². The zero-order valence-electron chi connectivity index (χ0n) is 13.4. The van der Waals surface area contributed by atoms with E-state index in [1.54, 1.807) is 0 Å². The molecule has 1 fully saturated rings. The second-order valence-corrected chi connectivity index (χ2v) is 7.10. The Bertz CT molecular complexity index is 659. The maximum absolute atomic E-state index is 12.4. The Morgan fingerprint density at radius 1 is 1.09 bits per heavy atom. The van der Waals surface area contributed by atoms with Crippen molar-refractivity contribution in [1.29, 1.82) is 0 Å². The molecule has 0 spiro atoms. The van der Waals surface area contributed by atoms with Crippen LogP contribution in [0.1, 0.15) is 22.8 Å². The summed E-state index contributed by atoms with van der Waals surface area (Å²) in [5.74, 6) is 0.973. The zero-order valence-corrected chi connectivity index (χ0v) is 14.2. The average Bonchev–Trinajstić information content (AvgIpc) is 2.82. The van der Waals surface area contributed by atoms with Crippen molar-refractivity contribution in [1.82, 2.24) is 4.90 Å². The molecule has 3 nitrogen and oxygen atoms in total. The van der Waals surface area contributed by atoms with Gasteiger partial charge in [-0.15, -0.1) is 0 Å². The number of para-hydroxylation sites is 1. The van der Waals surface area contributed by atoms with E-state index >= 15 is 0 Å². The van der Waals surface area contributed by atoms with E-state index < -0.39 is 0 Å². The minimum atomic E-state index is 0.00207. The second-order valence-electron chi connectivity index (χ2n) is 5.79. The fraction of sp³-hybridized carbons (Fsp3) is 0.316. The number of carbonyl (C=O) groups excluding carboxylic acids is 1. The first-order valence-electron chi connectivity index (χ1n) is 8.02.